The van der Waals surface area contributed by atoms with E-state index < -0.39 is 12.2 Å². The average molecular weight is 278 g/mol. The topological polar surface area (TPSA) is 49.7 Å². The number of aryl methyl sites for hydroxylation is 1. The fraction of sp³-hybridized carbons (Fsp3) is 0.647. The van der Waals surface area contributed by atoms with Crippen LogP contribution in [0.25, 0.3) is 0 Å². The minimum absolute atomic E-state index is 0.305. The number of ether oxygens (including phenoxy) is 1. The highest BCUT2D eigenvalue weighted by atomic mass is 16.5. The van der Waals surface area contributed by atoms with Crippen molar-refractivity contribution in [2.45, 2.75) is 58.2 Å². The summed E-state index contributed by atoms with van der Waals surface area (Å²) in [6.07, 6.45) is 4.92. The third-order valence-corrected chi connectivity index (χ3v) is 4.13. The molecule has 112 valence electrons. The molecule has 1 aliphatic rings. The maximum atomic E-state index is 10.1. The molecule has 0 bridgehead atoms. The highest BCUT2D eigenvalue weighted by Crippen LogP contribution is 2.30. The van der Waals surface area contributed by atoms with E-state index in [0.717, 1.165) is 17.5 Å². The molecule has 0 heterocycles. The summed E-state index contributed by atoms with van der Waals surface area (Å²) in [6.45, 7) is 4.03. The number of hydrogen-bond donors (Lipinski definition) is 2. The fourth-order valence-corrected chi connectivity index (χ4v) is 3.00. The van der Waals surface area contributed by atoms with Gasteiger partial charge in [-0.05, 0) is 37.8 Å². The Labute approximate surface area is 121 Å². The summed E-state index contributed by atoms with van der Waals surface area (Å²) < 4.78 is 5.74. The molecule has 0 saturated heterocycles. The molecule has 0 aromatic heterocycles. The SMILES string of the molecule is Cc1ccc([C@@H](C)O)c(OCC(O)CC2CCCC2)c1. The molecule has 2 atom stereocenters. The van der Waals surface area contributed by atoms with Crippen LogP contribution < -0.4 is 4.74 Å². The summed E-state index contributed by atoms with van der Waals surface area (Å²) in [4.78, 5) is 0. The molecule has 1 saturated carbocycles. The van der Waals surface area contributed by atoms with Crippen molar-refractivity contribution in [3.05, 3.63) is 29.3 Å². The molecular weight excluding hydrogens is 252 g/mol. The molecule has 0 spiro atoms. The second-order valence-corrected chi connectivity index (χ2v) is 6.07. The Morgan fingerprint density at radius 1 is 1.25 bits per heavy atom. The van der Waals surface area contributed by atoms with Crippen molar-refractivity contribution in [1.29, 1.82) is 0 Å². The molecule has 1 aromatic carbocycles. The Hall–Kier alpha value is -1.06. The maximum absolute atomic E-state index is 10.1. The van der Waals surface area contributed by atoms with E-state index in [2.05, 4.69) is 0 Å². The second kappa shape index (κ2) is 7.09. The third-order valence-electron chi connectivity index (χ3n) is 4.13. The number of rotatable bonds is 6. The lowest BCUT2D eigenvalue weighted by Crippen LogP contribution is -2.21. The van der Waals surface area contributed by atoms with Crippen LogP contribution >= 0.6 is 0 Å². The van der Waals surface area contributed by atoms with E-state index in [1.165, 1.54) is 25.7 Å². The molecule has 1 aliphatic carbocycles. The summed E-state index contributed by atoms with van der Waals surface area (Å²) in [5, 5.41) is 19.8. The Morgan fingerprint density at radius 3 is 2.60 bits per heavy atom. The third kappa shape index (κ3) is 4.22. The average Bonchev–Trinajstić information content (AvgIpc) is 2.89. The van der Waals surface area contributed by atoms with Crippen LogP contribution in [-0.4, -0.2) is 22.9 Å². The zero-order valence-corrected chi connectivity index (χ0v) is 12.5. The molecule has 2 N–H and O–H groups in total. The zero-order chi connectivity index (χ0) is 14.5. The van der Waals surface area contributed by atoms with Crippen LogP contribution in [0.1, 0.15) is 56.3 Å². The molecule has 2 rings (SSSR count). The molecule has 0 aliphatic heterocycles. The highest BCUT2D eigenvalue weighted by Gasteiger charge is 2.19. The van der Waals surface area contributed by atoms with Crippen molar-refractivity contribution in [2.75, 3.05) is 6.61 Å². The van der Waals surface area contributed by atoms with Gasteiger partial charge in [0.15, 0.2) is 0 Å². The van der Waals surface area contributed by atoms with E-state index >= 15 is 0 Å². The first-order chi connectivity index (χ1) is 9.56. The summed E-state index contributed by atoms with van der Waals surface area (Å²) >= 11 is 0. The molecule has 0 amide bonds. The number of aliphatic hydroxyl groups excluding tert-OH is 2. The van der Waals surface area contributed by atoms with Gasteiger partial charge in [0.1, 0.15) is 12.4 Å². The van der Waals surface area contributed by atoms with E-state index in [1.54, 1.807) is 6.92 Å². The molecule has 1 unspecified atom stereocenters. The van der Waals surface area contributed by atoms with E-state index in [-0.39, 0.29) is 0 Å². The molecule has 1 aromatic rings. The fourth-order valence-electron chi connectivity index (χ4n) is 3.00. The first kappa shape index (κ1) is 15.3. The second-order valence-electron chi connectivity index (χ2n) is 6.07. The lowest BCUT2D eigenvalue weighted by atomic mass is 10.0. The summed E-state index contributed by atoms with van der Waals surface area (Å²) in [5.41, 5.74) is 1.87. The first-order valence-corrected chi connectivity index (χ1v) is 7.65. The van der Waals surface area contributed by atoms with E-state index in [9.17, 15) is 10.2 Å². The minimum Gasteiger partial charge on any atom is -0.490 e. The Bertz CT molecular complexity index is 422. The van der Waals surface area contributed by atoms with Crippen LogP contribution in [0.4, 0.5) is 0 Å². The van der Waals surface area contributed by atoms with Crippen LogP contribution in [0.5, 0.6) is 5.75 Å². The largest absolute Gasteiger partial charge is 0.490 e. The molecule has 3 heteroatoms. The monoisotopic (exact) mass is 278 g/mol. The van der Waals surface area contributed by atoms with Gasteiger partial charge in [0.2, 0.25) is 0 Å². The van der Waals surface area contributed by atoms with Crippen molar-refractivity contribution in [1.82, 2.24) is 0 Å². The van der Waals surface area contributed by atoms with Gasteiger partial charge in [-0.25, -0.2) is 0 Å². The smallest absolute Gasteiger partial charge is 0.125 e. The standard InChI is InChI=1S/C17H26O3/c1-12-7-8-16(13(2)18)17(9-12)20-11-15(19)10-14-5-3-4-6-14/h7-9,13-15,18-19H,3-6,10-11H2,1-2H3/t13-,15?/m1/s1. The number of hydrogen-bond acceptors (Lipinski definition) is 3. The lowest BCUT2D eigenvalue weighted by molar-refractivity contribution is 0.0832. The number of aliphatic hydroxyl groups is 2. The molecule has 20 heavy (non-hydrogen) atoms. The van der Waals surface area contributed by atoms with Gasteiger partial charge >= 0.3 is 0 Å². The predicted octanol–water partition coefficient (Wildman–Crippen LogP) is 3.37. The van der Waals surface area contributed by atoms with Crippen LogP contribution in [0.2, 0.25) is 0 Å². The highest BCUT2D eigenvalue weighted by molar-refractivity contribution is 5.38. The van der Waals surface area contributed by atoms with E-state index in [1.807, 2.05) is 25.1 Å². The minimum atomic E-state index is -0.558. The van der Waals surface area contributed by atoms with Crippen molar-refractivity contribution in [2.24, 2.45) is 5.92 Å². The summed E-state index contributed by atoms with van der Waals surface area (Å²) in [6, 6.07) is 5.77. The number of benzene rings is 1. The Morgan fingerprint density at radius 2 is 1.95 bits per heavy atom. The van der Waals surface area contributed by atoms with E-state index in [0.29, 0.717) is 18.3 Å². The maximum Gasteiger partial charge on any atom is 0.125 e. The summed E-state index contributed by atoms with van der Waals surface area (Å²) in [7, 11) is 0. The van der Waals surface area contributed by atoms with Crippen molar-refractivity contribution in [3.63, 3.8) is 0 Å². The lowest BCUT2D eigenvalue weighted by Gasteiger charge is -2.18. The Balaban J connectivity index is 1.90. The van der Waals surface area contributed by atoms with Crippen LogP contribution in [0, 0.1) is 12.8 Å². The van der Waals surface area contributed by atoms with Gasteiger partial charge < -0.3 is 14.9 Å². The van der Waals surface area contributed by atoms with Gasteiger partial charge in [0.25, 0.3) is 0 Å². The van der Waals surface area contributed by atoms with E-state index in [4.69, 9.17) is 4.74 Å². The van der Waals surface area contributed by atoms with Crippen molar-refractivity contribution in [3.8, 4) is 5.75 Å². The van der Waals surface area contributed by atoms with Crippen molar-refractivity contribution >= 4 is 0 Å². The predicted molar refractivity (Wildman–Crippen MR) is 79.9 cm³/mol. The van der Waals surface area contributed by atoms with Gasteiger partial charge in [-0.15, -0.1) is 0 Å². The van der Waals surface area contributed by atoms with Gasteiger partial charge in [-0.1, -0.05) is 37.8 Å². The van der Waals surface area contributed by atoms with Crippen LogP contribution in [-0.2, 0) is 0 Å². The molecular formula is C17H26O3. The molecule has 1 fully saturated rings. The zero-order valence-electron chi connectivity index (χ0n) is 12.5. The Kier molecular flexibility index (Phi) is 5.44. The van der Waals surface area contributed by atoms with Gasteiger partial charge in [-0.3, -0.25) is 0 Å². The first-order valence-electron chi connectivity index (χ1n) is 7.65. The molecule has 0 radical (unpaired) electrons. The summed E-state index contributed by atoms with van der Waals surface area (Å²) in [5.74, 6) is 1.34. The van der Waals surface area contributed by atoms with Crippen LogP contribution in [0.3, 0.4) is 0 Å². The van der Waals surface area contributed by atoms with Crippen molar-refractivity contribution < 1.29 is 14.9 Å². The van der Waals surface area contributed by atoms with Gasteiger partial charge in [0, 0.05) is 5.56 Å². The van der Waals surface area contributed by atoms with Gasteiger partial charge in [-0.2, -0.15) is 0 Å². The van der Waals surface area contributed by atoms with Crippen LogP contribution in [0.15, 0.2) is 18.2 Å². The quantitative estimate of drug-likeness (QED) is 0.839. The molecule has 3 nitrogen and oxygen atoms in total. The van der Waals surface area contributed by atoms with Gasteiger partial charge in [0.05, 0.1) is 12.2 Å². The normalized spacial score (nSPS) is 19.0.